The summed E-state index contributed by atoms with van der Waals surface area (Å²) in [4.78, 5) is 25.4. The molecule has 1 N–H and O–H groups in total. The summed E-state index contributed by atoms with van der Waals surface area (Å²) < 4.78 is 0. The van der Waals surface area contributed by atoms with Gasteiger partial charge in [-0.3, -0.25) is 9.59 Å². The second-order valence-electron chi connectivity index (χ2n) is 4.71. The van der Waals surface area contributed by atoms with Crippen LogP contribution >= 0.6 is 0 Å². The SMILES string of the molecule is CC1NC(=O)CN(c2cccc3ccccc23)C1=O. The summed E-state index contributed by atoms with van der Waals surface area (Å²) in [6, 6.07) is 13.2. The number of rotatable bonds is 1. The molecule has 2 amide bonds. The monoisotopic (exact) mass is 254 g/mol. The van der Waals surface area contributed by atoms with E-state index in [2.05, 4.69) is 5.32 Å². The molecule has 0 aromatic heterocycles. The maximum atomic E-state index is 12.2. The Kier molecular flexibility index (Phi) is 2.71. The average Bonchev–Trinajstić information content (AvgIpc) is 2.42. The normalized spacial score (nSPS) is 19.6. The Hall–Kier alpha value is -2.36. The van der Waals surface area contributed by atoms with Crippen LogP contribution in [0.15, 0.2) is 42.5 Å². The molecule has 4 heteroatoms. The van der Waals surface area contributed by atoms with Crippen molar-refractivity contribution in [1.82, 2.24) is 5.32 Å². The molecule has 96 valence electrons. The molecule has 0 saturated carbocycles. The quantitative estimate of drug-likeness (QED) is 0.842. The molecule has 2 aromatic rings. The molecule has 1 heterocycles. The van der Waals surface area contributed by atoms with Crippen LogP contribution in [-0.2, 0) is 9.59 Å². The predicted octanol–water partition coefficient (Wildman–Crippen LogP) is 1.69. The molecule has 1 atom stereocenters. The van der Waals surface area contributed by atoms with E-state index in [0.717, 1.165) is 16.5 Å². The minimum atomic E-state index is -0.472. The van der Waals surface area contributed by atoms with Crippen LogP contribution in [0.1, 0.15) is 6.92 Å². The highest BCUT2D eigenvalue weighted by molar-refractivity contribution is 6.11. The van der Waals surface area contributed by atoms with Crippen LogP contribution in [0.2, 0.25) is 0 Å². The van der Waals surface area contributed by atoms with Gasteiger partial charge >= 0.3 is 0 Å². The van der Waals surface area contributed by atoms with Gasteiger partial charge < -0.3 is 10.2 Å². The molecule has 1 saturated heterocycles. The molecule has 1 unspecified atom stereocenters. The number of amides is 2. The Balaban J connectivity index is 2.13. The van der Waals surface area contributed by atoms with Crippen molar-refractivity contribution in [1.29, 1.82) is 0 Å². The molecule has 2 aromatic carbocycles. The number of anilines is 1. The molecule has 0 bridgehead atoms. The molecule has 4 nitrogen and oxygen atoms in total. The van der Waals surface area contributed by atoms with Crippen LogP contribution in [0.25, 0.3) is 10.8 Å². The first-order chi connectivity index (χ1) is 9.16. The fourth-order valence-corrected chi connectivity index (χ4v) is 2.45. The molecule has 3 rings (SSSR count). The number of fused-ring (bicyclic) bond motifs is 1. The maximum Gasteiger partial charge on any atom is 0.249 e. The van der Waals surface area contributed by atoms with Gasteiger partial charge in [0.15, 0.2) is 0 Å². The smallest absolute Gasteiger partial charge is 0.249 e. The molecular formula is C15H14N2O2. The van der Waals surface area contributed by atoms with Gasteiger partial charge in [-0.15, -0.1) is 0 Å². The molecular weight excluding hydrogens is 240 g/mol. The second-order valence-corrected chi connectivity index (χ2v) is 4.71. The van der Waals surface area contributed by atoms with Crippen molar-refractivity contribution in [2.45, 2.75) is 13.0 Å². The van der Waals surface area contributed by atoms with Gasteiger partial charge in [0, 0.05) is 5.39 Å². The number of carbonyl (C=O) groups excluding carboxylic acids is 2. The lowest BCUT2D eigenvalue weighted by Gasteiger charge is -2.31. The van der Waals surface area contributed by atoms with E-state index in [9.17, 15) is 9.59 Å². The van der Waals surface area contributed by atoms with Crippen LogP contribution in [-0.4, -0.2) is 24.4 Å². The molecule has 0 radical (unpaired) electrons. The number of nitrogens with one attached hydrogen (secondary N) is 1. The average molecular weight is 254 g/mol. The van der Waals surface area contributed by atoms with Crippen LogP contribution in [0.4, 0.5) is 5.69 Å². The van der Waals surface area contributed by atoms with Gasteiger partial charge in [0.25, 0.3) is 0 Å². The van der Waals surface area contributed by atoms with E-state index in [-0.39, 0.29) is 18.4 Å². The van der Waals surface area contributed by atoms with Gasteiger partial charge in [-0.25, -0.2) is 0 Å². The number of hydrogen-bond donors (Lipinski definition) is 1. The van der Waals surface area contributed by atoms with Crippen molar-refractivity contribution in [3.05, 3.63) is 42.5 Å². The van der Waals surface area contributed by atoms with E-state index < -0.39 is 6.04 Å². The summed E-state index contributed by atoms with van der Waals surface area (Å²) in [7, 11) is 0. The molecule has 0 aliphatic carbocycles. The van der Waals surface area contributed by atoms with E-state index in [1.165, 1.54) is 0 Å². The maximum absolute atomic E-state index is 12.2. The first-order valence-corrected chi connectivity index (χ1v) is 6.25. The Bertz CT molecular complexity index is 661. The molecule has 1 fully saturated rings. The second kappa shape index (κ2) is 4.39. The van der Waals surface area contributed by atoms with Gasteiger partial charge in [0.2, 0.25) is 11.8 Å². The predicted molar refractivity (Wildman–Crippen MR) is 73.9 cm³/mol. The Morgan fingerprint density at radius 1 is 1.11 bits per heavy atom. The fraction of sp³-hybridized carbons (Fsp3) is 0.200. The van der Waals surface area contributed by atoms with E-state index in [4.69, 9.17) is 0 Å². The van der Waals surface area contributed by atoms with Gasteiger partial charge in [-0.1, -0.05) is 36.4 Å². The summed E-state index contributed by atoms with van der Waals surface area (Å²) in [5.41, 5.74) is 0.796. The summed E-state index contributed by atoms with van der Waals surface area (Å²) in [6.45, 7) is 1.79. The van der Waals surface area contributed by atoms with Crippen LogP contribution < -0.4 is 10.2 Å². The number of nitrogens with zero attached hydrogens (tertiary/aromatic N) is 1. The largest absolute Gasteiger partial charge is 0.343 e. The zero-order valence-corrected chi connectivity index (χ0v) is 10.6. The summed E-state index contributed by atoms with van der Waals surface area (Å²) in [5.74, 6) is -0.198. The highest BCUT2D eigenvalue weighted by Crippen LogP contribution is 2.27. The topological polar surface area (TPSA) is 49.4 Å². The third-order valence-corrected chi connectivity index (χ3v) is 3.37. The van der Waals surface area contributed by atoms with E-state index in [1.54, 1.807) is 11.8 Å². The highest BCUT2D eigenvalue weighted by Gasteiger charge is 2.31. The Morgan fingerprint density at radius 3 is 2.68 bits per heavy atom. The van der Waals surface area contributed by atoms with E-state index in [1.807, 2.05) is 42.5 Å². The van der Waals surface area contributed by atoms with Crippen LogP contribution in [0, 0.1) is 0 Å². The number of carbonyl (C=O) groups is 2. The van der Waals surface area contributed by atoms with Crippen molar-refractivity contribution in [2.75, 3.05) is 11.4 Å². The van der Waals surface area contributed by atoms with E-state index in [0.29, 0.717) is 0 Å². The van der Waals surface area contributed by atoms with Crippen LogP contribution in [0.3, 0.4) is 0 Å². The van der Waals surface area contributed by atoms with Crippen molar-refractivity contribution >= 4 is 28.3 Å². The lowest BCUT2D eigenvalue weighted by atomic mass is 10.1. The lowest BCUT2D eigenvalue weighted by Crippen LogP contribution is -2.57. The molecule has 1 aliphatic rings. The fourth-order valence-electron chi connectivity index (χ4n) is 2.45. The van der Waals surface area contributed by atoms with Crippen molar-refractivity contribution in [3.8, 4) is 0 Å². The van der Waals surface area contributed by atoms with Gasteiger partial charge in [-0.05, 0) is 18.4 Å². The van der Waals surface area contributed by atoms with Crippen molar-refractivity contribution < 1.29 is 9.59 Å². The third-order valence-electron chi connectivity index (χ3n) is 3.37. The van der Waals surface area contributed by atoms with Gasteiger partial charge in [0.05, 0.1) is 5.69 Å². The molecule has 19 heavy (non-hydrogen) atoms. The summed E-state index contributed by atoms with van der Waals surface area (Å²) in [6.07, 6.45) is 0. The standard InChI is InChI=1S/C15H14N2O2/c1-10-15(19)17(9-14(18)16-10)13-8-4-6-11-5-2-3-7-12(11)13/h2-8,10H,9H2,1H3,(H,16,18). The number of piperazine rings is 1. The zero-order chi connectivity index (χ0) is 13.4. The minimum Gasteiger partial charge on any atom is -0.343 e. The number of hydrogen-bond acceptors (Lipinski definition) is 2. The van der Waals surface area contributed by atoms with E-state index >= 15 is 0 Å². The third kappa shape index (κ3) is 1.95. The van der Waals surface area contributed by atoms with Crippen molar-refractivity contribution in [2.24, 2.45) is 0 Å². The summed E-state index contributed by atoms with van der Waals surface area (Å²) in [5, 5.41) is 4.69. The Morgan fingerprint density at radius 2 is 1.84 bits per heavy atom. The first-order valence-electron chi connectivity index (χ1n) is 6.25. The Labute approximate surface area is 111 Å². The summed E-state index contributed by atoms with van der Waals surface area (Å²) >= 11 is 0. The van der Waals surface area contributed by atoms with Gasteiger partial charge in [-0.2, -0.15) is 0 Å². The highest BCUT2D eigenvalue weighted by atomic mass is 16.2. The van der Waals surface area contributed by atoms with Crippen LogP contribution in [0.5, 0.6) is 0 Å². The van der Waals surface area contributed by atoms with Gasteiger partial charge in [0.1, 0.15) is 12.6 Å². The van der Waals surface area contributed by atoms with Crippen molar-refractivity contribution in [3.63, 3.8) is 0 Å². The lowest BCUT2D eigenvalue weighted by molar-refractivity contribution is -0.130. The molecule has 0 spiro atoms. The zero-order valence-electron chi connectivity index (χ0n) is 10.6. The molecule has 1 aliphatic heterocycles. The minimum absolute atomic E-state index is 0.0732. The first kappa shape index (κ1) is 11.7. The number of benzene rings is 2.